The van der Waals surface area contributed by atoms with Crippen LogP contribution < -0.4 is 0 Å². The van der Waals surface area contributed by atoms with Crippen LogP contribution in [0.25, 0.3) is 0 Å². The van der Waals surface area contributed by atoms with Gasteiger partial charge < -0.3 is 10.0 Å². The lowest BCUT2D eigenvalue weighted by atomic mass is 9.90. The van der Waals surface area contributed by atoms with E-state index >= 15 is 0 Å². The highest BCUT2D eigenvalue weighted by atomic mass is 16.3. The van der Waals surface area contributed by atoms with E-state index in [2.05, 4.69) is 17.0 Å². The summed E-state index contributed by atoms with van der Waals surface area (Å²) in [6.45, 7) is 3.20. The van der Waals surface area contributed by atoms with Crippen molar-refractivity contribution in [1.29, 1.82) is 0 Å². The van der Waals surface area contributed by atoms with Crippen LogP contribution >= 0.6 is 0 Å². The van der Waals surface area contributed by atoms with Crippen molar-refractivity contribution in [1.82, 2.24) is 9.80 Å². The zero-order valence-electron chi connectivity index (χ0n) is 16.2. The topological polar surface area (TPSA) is 43.8 Å². The van der Waals surface area contributed by atoms with Gasteiger partial charge in [0.1, 0.15) is 5.75 Å². The zero-order chi connectivity index (χ0) is 19.1. The first-order valence-corrected chi connectivity index (χ1v) is 9.88. The summed E-state index contributed by atoms with van der Waals surface area (Å²) in [5, 5.41) is 9.36. The Morgan fingerprint density at radius 3 is 2.37 bits per heavy atom. The molecule has 4 heteroatoms. The molecule has 1 N–H and O–H groups in total. The Kier molecular flexibility index (Phi) is 6.88. The number of phenols is 1. The molecule has 1 saturated heterocycles. The third kappa shape index (κ3) is 6.10. The van der Waals surface area contributed by atoms with Gasteiger partial charge >= 0.3 is 0 Å². The second-order valence-electron chi connectivity index (χ2n) is 7.66. The molecule has 27 heavy (non-hydrogen) atoms. The fraction of sp³-hybridized carbons (Fsp3) is 0.435. The largest absolute Gasteiger partial charge is 0.508 e. The Morgan fingerprint density at radius 1 is 1.04 bits per heavy atom. The predicted molar refractivity (Wildman–Crippen MR) is 109 cm³/mol. The Balaban J connectivity index is 1.37. The monoisotopic (exact) mass is 366 g/mol. The summed E-state index contributed by atoms with van der Waals surface area (Å²) in [5.41, 5.74) is 2.45. The average molecular weight is 367 g/mol. The van der Waals surface area contributed by atoms with Crippen LogP contribution in [0.4, 0.5) is 0 Å². The Bertz CT molecular complexity index is 707. The number of nitrogens with zero attached hydrogens (tertiary/aromatic N) is 2. The van der Waals surface area contributed by atoms with Crippen LogP contribution in [0.1, 0.15) is 30.4 Å². The van der Waals surface area contributed by atoms with Gasteiger partial charge in [-0.15, -0.1) is 0 Å². The zero-order valence-corrected chi connectivity index (χ0v) is 16.2. The number of carbonyl (C=O) groups excluding carboxylic acids is 1. The first-order valence-electron chi connectivity index (χ1n) is 9.88. The SMILES string of the molecule is CN(Cc1ccccc1)C(=O)CN1CCC(CCc2ccc(O)cc2)CC1. The molecule has 0 aliphatic carbocycles. The van der Waals surface area contributed by atoms with Crippen molar-refractivity contribution in [3.8, 4) is 5.75 Å². The molecule has 144 valence electrons. The van der Waals surface area contributed by atoms with E-state index in [1.165, 1.54) is 17.5 Å². The molecule has 0 atom stereocenters. The lowest BCUT2D eigenvalue weighted by molar-refractivity contribution is -0.132. The Labute approximate surface area is 162 Å². The van der Waals surface area contributed by atoms with E-state index < -0.39 is 0 Å². The van der Waals surface area contributed by atoms with Gasteiger partial charge in [0, 0.05) is 13.6 Å². The number of likely N-dealkylation sites (N-methyl/N-ethyl adjacent to an activating group) is 1. The number of amides is 1. The van der Waals surface area contributed by atoms with Crippen molar-refractivity contribution in [3.05, 3.63) is 65.7 Å². The van der Waals surface area contributed by atoms with E-state index in [1.807, 2.05) is 42.3 Å². The smallest absolute Gasteiger partial charge is 0.236 e. The van der Waals surface area contributed by atoms with Crippen LogP contribution in [-0.2, 0) is 17.8 Å². The quantitative estimate of drug-likeness (QED) is 0.813. The number of benzene rings is 2. The number of aryl methyl sites for hydroxylation is 1. The molecule has 0 saturated carbocycles. The normalized spacial score (nSPS) is 15.6. The van der Waals surface area contributed by atoms with Crippen LogP contribution in [0.15, 0.2) is 54.6 Å². The molecule has 3 rings (SSSR count). The molecule has 1 aliphatic rings. The standard InChI is InChI=1S/C23H30N2O2/c1-24(17-21-5-3-2-4-6-21)23(27)18-25-15-13-20(14-16-25)8-7-19-9-11-22(26)12-10-19/h2-6,9-12,20,26H,7-8,13-18H2,1H3. The third-order valence-electron chi connectivity index (χ3n) is 5.53. The first-order chi connectivity index (χ1) is 13.1. The molecule has 1 fully saturated rings. The van der Waals surface area contributed by atoms with E-state index in [0.717, 1.165) is 38.3 Å². The van der Waals surface area contributed by atoms with Crippen molar-refractivity contribution < 1.29 is 9.90 Å². The maximum atomic E-state index is 12.5. The molecule has 1 amide bonds. The van der Waals surface area contributed by atoms with Gasteiger partial charge in [0.2, 0.25) is 5.91 Å². The van der Waals surface area contributed by atoms with Crippen LogP contribution in [0.3, 0.4) is 0 Å². The summed E-state index contributed by atoms with van der Waals surface area (Å²) in [6.07, 6.45) is 4.56. The predicted octanol–water partition coefficient (Wildman–Crippen LogP) is 3.70. The van der Waals surface area contributed by atoms with Crippen molar-refractivity contribution in [2.75, 3.05) is 26.7 Å². The molecule has 0 bridgehead atoms. The van der Waals surface area contributed by atoms with Crippen LogP contribution in [0.5, 0.6) is 5.75 Å². The second-order valence-corrected chi connectivity index (χ2v) is 7.66. The highest BCUT2D eigenvalue weighted by molar-refractivity contribution is 5.78. The van der Waals surface area contributed by atoms with E-state index in [0.29, 0.717) is 18.8 Å². The third-order valence-corrected chi connectivity index (χ3v) is 5.53. The molecule has 0 aromatic heterocycles. The molecule has 0 unspecified atom stereocenters. The van der Waals surface area contributed by atoms with Gasteiger partial charge in [-0.05, 0) is 68.0 Å². The number of likely N-dealkylation sites (tertiary alicyclic amines) is 1. The summed E-state index contributed by atoms with van der Waals surface area (Å²) < 4.78 is 0. The number of aromatic hydroxyl groups is 1. The molecule has 1 aliphatic heterocycles. The van der Waals surface area contributed by atoms with E-state index in [4.69, 9.17) is 0 Å². The van der Waals surface area contributed by atoms with Crippen molar-refractivity contribution in [2.45, 2.75) is 32.2 Å². The lowest BCUT2D eigenvalue weighted by Gasteiger charge is -2.32. The van der Waals surface area contributed by atoms with E-state index in [9.17, 15) is 9.90 Å². The van der Waals surface area contributed by atoms with Gasteiger partial charge in [0.15, 0.2) is 0 Å². The van der Waals surface area contributed by atoms with Crippen molar-refractivity contribution >= 4 is 5.91 Å². The molecule has 4 nitrogen and oxygen atoms in total. The second kappa shape index (κ2) is 9.56. The van der Waals surface area contributed by atoms with Gasteiger partial charge in [-0.25, -0.2) is 0 Å². The van der Waals surface area contributed by atoms with Gasteiger partial charge in [-0.3, -0.25) is 9.69 Å². The average Bonchev–Trinajstić information content (AvgIpc) is 2.69. The van der Waals surface area contributed by atoms with E-state index in [-0.39, 0.29) is 5.91 Å². The minimum Gasteiger partial charge on any atom is -0.508 e. The van der Waals surface area contributed by atoms with Crippen LogP contribution in [0.2, 0.25) is 0 Å². The molecule has 1 heterocycles. The fourth-order valence-corrected chi connectivity index (χ4v) is 3.72. The van der Waals surface area contributed by atoms with E-state index in [1.54, 1.807) is 12.1 Å². The van der Waals surface area contributed by atoms with Crippen molar-refractivity contribution in [2.24, 2.45) is 5.92 Å². The molecular formula is C23H30N2O2. The number of rotatable bonds is 7. The van der Waals surface area contributed by atoms with Crippen LogP contribution in [-0.4, -0.2) is 47.5 Å². The van der Waals surface area contributed by atoms with Crippen LogP contribution in [0, 0.1) is 5.92 Å². The molecule has 0 spiro atoms. The fourth-order valence-electron chi connectivity index (χ4n) is 3.72. The van der Waals surface area contributed by atoms with Crippen molar-refractivity contribution in [3.63, 3.8) is 0 Å². The number of hydrogen-bond acceptors (Lipinski definition) is 3. The highest BCUT2D eigenvalue weighted by Gasteiger charge is 2.22. The maximum Gasteiger partial charge on any atom is 0.236 e. The lowest BCUT2D eigenvalue weighted by Crippen LogP contribution is -2.42. The number of carbonyl (C=O) groups is 1. The number of phenolic OH excluding ortho intramolecular Hbond substituents is 1. The first kappa shape index (κ1) is 19.4. The van der Waals surface area contributed by atoms with Gasteiger partial charge in [0.05, 0.1) is 6.54 Å². The minimum absolute atomic E-state index is 0.196. The molecule has 2 aromatic carbocycles. The van der Waals surface area contributed by atoms with Gasteiger partial charge in [-0.1, -0.05) is 42.5 Å². The summed E-state index contributed by atoms with van der Waals surface area (Å²) in [6, 6.07) is 17.7. The number of piperidine rings is 1. The van der Waals surface area contributed by atoms with Gasteiger partial charge in [-0.2, -0.15) is 0 Å². The summed E-state index contributed by atoms with van der Waals surface area (Å²) in [7, 11) is 1.89. The minimum atomic E-state index is 0.196. The summed E-state index contributed by atoms with van der Waals surface area (Å²) >= 11 is 0. The summed E-state index contributed by atoms with van der Waals surface area (Å²) in [4.78, 5) is 16.6. The number of hydrogen-bond donors (Lipinski definition) is 1. The highest BCUT2D eigenvalue weighted by Crippen LogP contribution is 2.23. The van der Waals surface area contributed by atoms with Gasteiger partial charge in [0.25, 0.3) is 0 Å². The Morgan fingerprint density at radius 2 is 1.70 bits per heavy atom. The summed E-state index contributed by atoms with van der Waals surface area (Å²) in [5.74, 6) is 1.25. The molecule has 0 radical (unpaired) electrons. The molecule has 2 aromatic rings. The molecular weight excluding hydrogens is 336 g/mol. The Hall–Kier alpha value is -2.33. The maximum absolute atomic E-state index is 12.5.